The summed E-state index contributed by atoms with van der Waals surface area (Å²) in [4.78, 5) is 9.16. The van der Waals surface area contributed by atoms with Crippen LogP contribution in [0.25, 0.3) is 0 Å². The maximum Gasteiger partial charge on any atom is 0.305 e. The summed E-state index contributed by atoms with van der Waals surface area (Å²) in [5.41, 5.74) is -0.636. The summed E-state index contributed by atoms with van der Waals surface area (Å²) in [5, 5.41) is 25.7. The first kappa shape index (κ1) is 11.3. The van der Waals surface area contributed by atoms with Gasteiger partial charge in [-0.25, -0.2) is 0 Å². The number of nitro benzene ring substituents is 1. The lowest BCUT2D eigenvalue weighted by molar-refractivity contribution is -0.387. The predicted molar refractivity (Wildman–Crippen MR) is 42.9 cm³/mol. The molecule has 0 aliphatic rings. The van der Waals surface area contributed by atoms with E-state index < -0.39 is 16.4 Å². The van der Waals surface area contributed by atoms with Crippen molar-refractivity contribution in [2.75, 3.05) is 7.11 Å². The fourth-order valence-corrected chi connectivity index (χ4v) is 0.644. The van der Waals surface area contributed by atoms with E-state index in [0.717, 1.165) is 19.2 Å². The zero-order valence-electron chi connectivity index (χ0n) is 6.77. The van der Waals surface area contributed by atoms with E-state index in [9.17, 15) is 14.5 Å². The van der Waals surface area contributed by atoms with Crippen molar-refractivity contribution in [1.29, 1.82) is 0 Å². The first-order valence-corrected chi connectivity index (χ1v) is 3.19. The van der Waals surface area contributed by atoms with E-state index >= 15 is 0 Å². The van der Waals surface area contributed by atoms with Crippen LogP contribution in [0.15, 0.2) is 18.2 Å². The van der Waals surface area contributed by atoms with Crippen molar-refractivity contribution >= 4 is 5.69 Å². The lowest BCUT2D eigenvalue weighted by atomic mass is 10.3. The summed E-state index contributed by atoms with van der Waals surface area (Å²) in [5.74, 6) is -1.36. The van der Waals surface area contributed by atoms with Gasteiger partial charge in [-0.15, -0.1) is 0 Å². The van der Waals surface area contributed by atoms with Crippen LogP contribution < -0.4 is 0 Å². The molecule has 0 aliphatic carbocycles. The van der Waals surface area contributed by atoms with Crippen LogP contribution >= 0.6 is 0 Å². The number of benzene rings is 1. The van der Waals surface area contributed by atoms with Crippen LogP contribution in [-0.2, 0) is 0 Å². The Kier molecular flexibility index (Phi) is 4.39. The van der Waals surface area contributed by atoms with Gasteiger partial charge in [-0.2, -0.15) is 4.39 Å². The highest BCUT2D eigenvalue weighted by atomic mass is 19.1. The Morgan fingerprint density at radius 3 is 2.38 bits per heavy atom. The molecule has 0 saturated heterocycles. The zero-order valence-corrected chi connectivity index (χ0v) is 6.77. The van der Waals surface area contributed by atoms with Crippen molar-refractivity contribution in [3.63, 3.8) is 0 Å². The summed E-state index contributed by atoms with van der Waals surface area (Å²) >= 11 is 0. The molecule has 0 aliphatic heterocycles. The molecule has 1 aromatic rings. The van der Waals surface area contributed by atoms with E-state index in [-0.39, 0.29) is 5.75 Å². The number of aliphatic hydroxyl groups is 1. The molecule has 0 atom stereocenters. The van der Waals surface area contributed by atoms with Crippen molar-refractivity contribution < 1.29 is 19.5 Å². The summed E-state index contributed by atoms with van der Waals surface area (Å²) in [7, 11) is 1.00. The van der Waals surface area contributed by atoms with Gasteiger partial charge in [-0.1, -0.05) is 0 Å². The SMILES string of the molecule is CO.O=[N+]([O-])c1ccc(O)cc1F. The van der Waals surface area contributed by atoms with Crippen molar-refractivity contribution in [2.24, 2.45) is 0 Å². The number of nitrogens with zero attached hydrogens (tertiary/aromatic N) is 1. The molecule has 72 valence electrons. The number of halogens is 1. The minimum Gasteiger partial charge on any atom is -0.508 e. The van der Waals surface area contributed by atoms with E-state index in [0.29, 0.717) is 6.07 Å². The fraction of sp³-hybridized carbons (Fsp3) is 0.143. The Morgan fingerprint density at radius 2 is 2.00 bits per heavy atom. The highest BCUT2D eigenvalue weighted by Gasteiger charge is 2.12. The van der Waals surface area contributed by atoms with Crippen LogP contribution in [0.3, 0.4) is 0 Å². The Hall–Kier alpha value is -1.69. The van der Waals surface area contributed by atoms with Crippen LogP contribution in [0.5, 0.6) is 5.75 Å². The lowest BCUT2D eigenvalue weighted by Crippen LogP contribution is -1.90. The highest BCUT2D eigenvalue weighted by Crippen LogP contribution is 2.20. The van der Waals surface area contributed by atoms with E-state index in [1.54, 1.807) is 0 Å². The molecule has 0 saturated carbocycles. The number of phenolic OH excluding ortho intramolecular Hbond substituents is 1. The summed E-state index contributed by atoms with van der Waals surface area (Å²) in [6.07, 6.45) is 0. The summed E-state index contributed by atoms with van der Waals surface area (Å²) in [6.45, 7) is 0. The minimum absolute atomic E-state index is 0.326. The van der Waals surface area contributed by atoms with Crippen LogP contribution in [-0.4, -0.2) is 22.2 Å². The van der Waals surface area contributed by atoms with Crippen LogP contribution in [0.2, 0.25) is 0 Å². The number of rotatable bonds is 1. The van der Waals surface area contributed by atoms with Crippen LogP contribution in [0, 0.1) is 15.9 Å². The Morgan fingerprint density at radius 1 is 1.46 bits per heavy atom. The quantitative estimate of drug-likeness (QED) is 0.510. The third-order valence-electron chi connectivity index (χ3n) is 1.13. The van der Waals surface area contributed by atoms with Gasteiger partial charge < -0.3 is 10.2 Å². The van der Waals surface area contributed by atoms with Crippen molar-refractivity contribution in [2.45, 2.75) is 0 Å². The van der Waals surface area contributed by atoms with Crippen LogP contribution in [0.4, 0.5) is 10.1 Å². The molecule has 13 heavy (non-hydrogen) atoms. The Balaban J connectivity index is 0.000000671. The van der Waals surface area contributed by atoms with Gasteiger partial charge in [0.2, 0.25) is 5.82 Å². The van der Waals surface area contributed by atoms with Gasteiger partial charge in [0.15, 0.2) is 0 Å². The van der Waals surface area contributed by atoms with Crippen molar-refractivity contribution in [1.82, 2.24) is 0 Å². The van der Waals surface area contributed by atoms with E-state index in [4.69, 9.17) is 10.2 Å². The molecular weight excluding hydrogens is 181 g/mol. The molecule has 0 radical (unpaired) electrons. The molecule has 5 nitrogen and oxygen atoms in total. The second-order valence-corrected chi connectivity index (χ2v) is 1.89. The fourth-order valence-electron chi connectivity index (χ4n) is 0.644. The molecule has 2 N–H and O–H groups in total. The van der Waals surface area contributed by atoms with E-state index in [1.807, 2.05) is 0 Å². The largest absolute Gasteiger partial charge is 0.508 e. The van der Waals surface area contributed by atoms with E-state index in [2.05, 4.69) is 0 Å². The number of aliphatic hydroxyl groups excluding tert-OH is 1. The number of phenols is 1. The smallest absolute Gasteiger partial charge is 0.305 e. The van der Waals surface area contributed by atoms with Gasteiger partial charge in [0, 0.05) is 19.2 Å². The second-order valence-electron chi connectivity index (χ2n) is 1.89. The molecule has 0 amide bonds. The van der Waals surface area contributed by atoms with Gasteiger partial charge in [-0.3, -0.25) is 10.1 Å². The monoisotopic (exact) mass is 189 g/mol. The van der Waals surface area contributed by atoms with E-state index in [1.165, 1.54) is 0 Å². The Bertz CT molecular complexity index is 303. The average molecular weight is 189 g/mol. The standard InChI is InChI=1S/C6H4FNO3.CH4O/c7-5-3-4(9)1-2-6(5)8(10)11;1-2/h1-3,9H;2H,1H3. The van der Waals surface area contributed by atoms with Crippen LogP contribution in [0.1, 0.15) is 0 Å². The van der Waals surface area contributed by atoms with Gasteiger partial charge in [-0.05, 0) is 6.07 Å². The topological polar surface area (TPSA) is 83.6 Å². The lowest BCUT2D eigenvalue weighted by Gasteiger charge is -1.93. The van der Waals surface area contributed by atoms with Gasteiger partial charge in [0.05, 0.1) is 4.92 Å². The Labute approximate surface area is 73.2 Å². The number of hydrogen-bond donors (Lipinski definition) is 2. The summed E-state index contributed by atoms with van der Waals surface area (Å²) < 4.78 is 12.5. The maximum absolute atomic E-state index is 12.5. The zero-order chi connectivity index (χ0) is 10.4. The molecule has 1 rings (SSSR count). The number of hydrogen-bond acceptors (Lipinski definition) is 4. The van der Waals surface area contributed by atoms with Gasteiger partial charge in [0.1, 0.15) is 5.75 Å². The first-order chi connectivity index (χ1) is 6.11. The molecular formula is C7H8FNO4. The molecule has 6 heteroatoms. The molecule has 0 fully saturated rings. The molecule has 0 heterocycles. The number of aromatic hydroxyl groups is 1. The van der Waals surface area contributed by atoms with Crippen molar-refractivity contribution in [3.8, 4) is 5.75 Å². The van der Waals surface area contributed by atoms with Gasteiger partial charge in [0.25, 0.3) is 0 Å². The normalized spacial score (nSPS) is 8.54. The average Bonchev–Trinajstić information content (AvgIpc) is 2.07. The van der Waals surface area contributed by atoms with Gasteiger partial charge >= 0.3 is 5.69 Å². The molecule has 0 bridgehead atoms. The second kappa shape index (κ2) is 5.04. The summed E-state index contributed by atoms with van der Waals surface area (Å²) in [6, 6.07) is 2.66. The molecule has 0 aromatic heterocycles. The minimum atomic E-state index is -1.03. The third-order valence-corrected chi connectivity index (χ3v) is 1.13. The number of nitro groups is 1. The molecule has 0 unspecified atom stereocenters. The maximum atomic E-state index is 12.5. The molecule has 0 spiro atoms. The first-order valence-electron chi connectivity index (χ1n) is 3.19. The van der Waals surface area contributed by atoms with Crippen molar-refractivity contribution in [3.05, 3.63) is 34.1 Å². The third kappa shape index (κ3) is 3.04. The predicted octanol–water partition coefficient (Wildman–Crippen LogP) is 1.05. The molecule has 1 aromatic carbocycles. The highest BCUT2D eigenvalue weighted by molar-refractivity contribution is 5.37.